The summed E-state index contributed by atoms with van der Waals surface area (Å²) in [6.07, 6.45) is 0.799. The summed E-state index contributed by atoms with van der Waals surface area (Å²) < 4.78 is 7.28. The third-order valence-corrected chi connectivity index (χ3v) is 4.13. The molecule has 0 radical (unpaired) electrons. The number of rotatable bonds is 2. The highest BCUT2D eigenvalue weighted by atomic mass is 16.5. The molecule has 4 aromatic rings. The zero-order chi connectivity index (χ0) is 17.6. The molecule has 124 valence electrons. The van der Waals surface area contributed by atoms with Gasteiger partial charge in [-0.1, -0.05) is 36.4 Å². The van der Waals surface area contributed by atoms with E-state index in [4.69, 9.17) is 16.2 Å². The van der Waals surface area contributed by atoms with E-state index in [2.05, 4.69) is 9.97 Å². The number of nitrogens with two attached hydrogens (primary N) is 2. The second-order valence-electron chi connectivity index (χ2n) is 5.65. The number of nitrogen functional groups attached to an aromatic ring is 1. The number of carbonyl (C=O) groups is 1. The van der Waals surface area contributed by atoms with Crippen LogP contribution in [-0.2, 0) is 7.05 Å². The van der Waals surface area contributed by atoms with Gasteiger partial charge in [0.05, 0.1) is 11.2 Å². The van der Waals surface area contributed by atoms with Crippen LogP contribution in [0.4, 0.5) is 10.7 Å². The number of benzene rings is 2. The fourth-order valence-electron chi connectivity index (χ4n) is 3.14. The summed E-state index contributed by atoms with van der Waals surface area (Å²) in [5.74, 6) is 0.579. The van der Waals surface area contributed by atoms with Crippen molar-refractivity contribution in [2.75, 3.05) is 5.73 Å². The predicted octanol–water partition coefficient (Wildman–Crippen LogP) is 2.83. The molecule has 4 N–H and O–H groups in total. The van der Waals surface area contributed by atoms with Gasteiger partial charge in [0.25, 0.3) is 0 Å². The summed E-state index contributed by atoms with van der Waals surface area (Å²) in [5.41, 5.74) is 14.2. The Labute approximate surface area is 142 Å². The van der Waals surface area contributed by atoms with Crippen molar-refractivity contribution in [1.82, 2.24) is 14.5 Å². The molecule has 0 atom stereocenters. The minimum absolute atomic E-state index is 0.180. The Balaban J connectivity index is 2.16. The number of ether oxygens (including phenoxy) is 1. The summed E-state index contributed by atoms with van der Waals surface area (Å²) in [4.78, 5) is 19.9. The van der Waals surface area contributed by atoms with Crippen molar-refractivity contribution in [2.24, 2.45) is 12.8 Å². The average Bonchev–Trinajstić information content (AvgIpc) is 2.87. The van der Waals surface area contributed by atoms with Gasteiger partial charge in [-0.3, -0.25) is 0 Å². The molecule has 25 heavy (non-hydrogen) atoms. The molecule has 0 fully saturated rings. The van der Waals surface area contributed by atoms with Crippen LogP contribution in [0.1, 0.15) is 0 Å². The molecule has 1 amide bonds. The lowest BCUT2D eigenvalue weighted by Gasteiger charge is -2.07. The van der Waals surface area contributed by atoms with Crippen LogP contribution in [0, 0.1) is 0 Å². The Morgan fingerprint density at radius 3 is 2.64 bits per heavy atom. The zero-order valence-corrected chi connectivity index (χ0v) is 13.4. The lowest BCUT2D eigenvalue weighted by atomic mass is 10.1. The first kappa shape index (κ1) is 14.9. The smallest absolute Gasteiger partial charge is 0.408 e. The van der Waals surface area contributed by atoms with Gasteiger partial charge in [0.15, 0.2) is 5.75 Å². The van der Waals surface area contributed by atoms with Gasteiger partial charge in [0.2, 0.25) is 5.95 Å². The minimum Gasteiger partial charge on any atom is -0.408 e. The van der Waals surface area contributed by atoms with E-state index in [0.717, 1.165) is 27.5 Å². The molecule has 0 saturated heterocycles. The zero-order valence-electron chi connectivity index (χ0n) is 13.4. The molecule has 2 heterocycles. The van der Waals surface area contributed by atoms with Crippen LogP contribution in [0.15, 0.2) is 48.7 Å². The van der Waals surface area contributed by atoms with E-state index in [9.17, 15) is 4.79 Å². The number of anilines is 1. The van der Waals surface area contributed by atoms with Crippen LogP contribution < -0.4 is 16.2 Å². The quantitative estimate of drug-likeness (QED) is 0.586. The molecule has 2 aromatic carbocycles. The largest absolute Gasteiger partial charge is 0.410 e. The van der Waals surface area contributed by atoms with Crippen molar-refractivity contribution in [3.63, 3.8) is 0 Å². The first-order valence-electron chi connectivity index (χ1n) is 7.62. The number of carbonyl (C=O) groups excluding carboxylic acids is 1. The van der Waals surface area contributed by atoms with Crippen LogP contribution in [0.3, 0.4) is 0 Å². The summed E-state index contributed by atoms with van der Waals surface area (Å²) in [7, 11) is 1.89. The van der Waals surface area contributed by atoms with Crippen molar-refractivity contribution < 1.29 is 9.53 Å². The Morgan fingerprint density at radius 2 is 1.92 bits per heavy atom. The Hall–Kier alpha value is -3.61. The summed E-state index contributed by atoms with van der Waals surface area (Å²) in [6, 6.07) is 13.4. The number of aromatic nitrogens is 3. The first-order valence-corrected chi connectivity index (χ1v) is 7.62. The molecule has 0 spiro atoms. The molecule has 0 aliphatic rings. The normalized spacial score (nSPS) is 11.1. The van der Waals surface area contributed by atoms with Crippen LogP contribution in [-0.4, -0.2) is 20.6 Å². The van der Waals surface area contributed by atoms with E-state index in [1.54, 1.807) is 6.20 Å². The number of fused-ring (bicyclic) bond motifs is 3. The van der Waals surface area contributed by atoms with Crippen molar-refractivity contribution in [1.29, 1.82) is 0 Å². The number of amides is 1. The number of hydrogen-bond donors (Lipinski definition) is 2. The number of nitrogens with zero attached hydrogens (tertiary/aromatic N) is 3. The van der Waals surface area contributed by atoms with Gasteiger partial charge in [-0.05, 0) is 6.07 Å². The third-order valence-electron chi connectivity index (χ3n) is 4.13. The van der Waals surface area contributed by atoms with E-state index < -0.39 is 6.09 Å². The summed E-state index contributed by atoms with van der Waals surface area (Å²) in [6.45, 7) is 0. The Morgan fingerprint density at radius 1 is 1.16 bits per heavy atom. The van der Waals surface area contributed by atoms with Crippen molar-refractivity contribution in [3.8, 4) is 17.0 Å². The molecule has 0 aliphatic heterocycles. The lowest BCUT2D eigenvalue weighted by Crippen LogP contribution is -2.16. The minimum atomic E-state index is -0.869. The van der Waals surface area contributed by atoms with E-state index >= 15 is 0 Å². The fraction of sp³-hybridized carbons (Fsp3) is 0.0556. The van der Waals surface area contributed by atoms with E-state index in [1.807, 2.05) is 54.1 Å². The molecule has 0 aliphatic carbocycles. The number of primary amides is 1. The third kappa shape index (κ3) is 2.33. The van der Waals surface area contributed by atoms with Crippen molar-refractivity contribution in [3.05, 3.63) is 48.7 Å². The SMILES string of the molecule is Cn1c(-c2ccccc2)c(OC(N)=O)c2ccc3cnc(N)nc3c21. The summed E-state index contributed by atoms with van der Waals surface area (Å²) >= 11 is 0. The fourth-order valence-corrected chi connectivity index (χ4v) is 3.14. The molecule has 0 unspecified atom stereocenters. The standard InChI is InChI=1S/C18H15N5O2/c1-23-14(10-5-3-2-4-6-10)16(25-18(20)24)12-8-7-11-9-21-17(19)22-13(11)15(12)23/h2-9H,1H3,(H2,20,24)(H2,19,21,22). The topological polar surface area (TPSA) is 109 Å². The molecular formula is C18H15N5O2. The van der Waals surface area contributed by atoms with Crippen LogP contribution >= 0.6 is 0 Å². The van der Waals surface area contributed by atoms with Gasteiger partial charge >= 0.3 is 6.09 Å². The van der Waals surface area contributed by atoms with Crippen LogP contribution in [0.2, 0.25) is 0 Å². The van der Waals surface area contributed by atoms with Gasteiger partial charge in [-0.25, -0.2) is 14.8 Å². The van der Waals surface area contributed by atoms with E-state index in [0.29, 0.717) is 11.3 Å². The summed E-state index contributed by atoms with van der Waals surface area (Å²) in [5, 5.41) is 1.57. The maximum Gasteiger partial charge on any atom is 0.410 e. The average molecular weight is 333 g/mol. The highest BCUT2D eigenvalue weighted by Gasteiger charge is 2.22. The first-order chi connectivity index (χ1) is 12.1. The van der Waals surface area contributed by atoms with E-state index in [1.165, 1.54) is 0 Å². The Bertz CT molecular complexity index is 1120. The predicted molar refractivity (Wildman–Crippen MR) is 96.1 cm³/mol. The maximum atomic E-state index is 11.5. The van der Waals surface area contributed by atoms with E-state index in [-0.39, 0.29) is 5.95 Å². The van der Waals surface area contributed by atoms with Crippen LogP contribution in [0.25, 0.3) is 33.1 Å². The molecule has 0 bridgehead atoms. The second-order valence-corrected chi connectivity index (χ2v) is 5.65. The van der Waals surface area contributed by atoms with Crippen LogP contribution in [0.5, 0.6) is 5.75 Å². The molecule has 0 saturated carbocycles. The van der Waals surface area contributed by atoms with Gasteiger partial charge in [0, 0.05) is 29.6 Å². The van der Waals surface area contributed by atoms with Gasteiger partial charge < -0.3 is 20.8 Å². The molecular weight excluding hydrogens is 318 g/mol. The number of hydrogen-bond acceptors (Lipinski definition) is 5. The number of aryl methyl sites for hydroxylation is 1. The monoisotopic (exact) mass is 333 g/mol. The highest BCUT2D eigenvalue weighted by Crippen LogP contribution is 2.41. The maximum absolute atomic E-state index is 11.5. The molecule has 4 rings (SSSR count). The molecule has 7 heteroatoms. The molecule has 2 aromatic heterocycles. The van der Waals surface area contributed by atoms with Crippen molar-refractivity contribution in [2.45, 2.75) is 0 Å². The van der Waals surface area contributed by atoms with Gasteiger partial charge in [0.1, 0.15) is 5.52 Å². The lowest BCUT2D eigenvalue weighted by molar-refractivity contribution is 0.211. The second kappa shape index (κ2) is 5.48. The van der Waals surface area contributed by atoms with Gasteiger partial charge in [-0.2, -0.15) is 0 Å². The van der Waals surface area contributed by atoms with Crippen molar-refractivity contribution >= 4 is 33.8 Å². The Kier molecular flexibility index (Phi) is 3.28. The highest BCUT2D eigenvalue weighted by molar-refractivity contribution is 6.09. The molecule has 7 nitrogen and oxygen atoms in total. The van der Waals surface area contributed by atoms with Gasteiger partial charge in [-0.15, -0.1) is 0 Å².